The maximum absolute atomic E-state index is 12.7. The Balaban J connectivity index is 2.86. The van der Waals surface area contributed by atoms with E-state index in [0.29, 0.717) is 0 Å². The molecule has 0 unspecified atom stereocenters. The van der Waals surface area contributed by atoms with E-state index in [1.54, 1.807) is 6.07 Å². The van der Waals surface area contributed by atoms with E-state index >= 15 is 0 Å². The third-order valence-corrected chi connectivity index (χ3v) is 1.21. The number of nitrogens with zero attached hydrogens (tertiary/aromatic N) is 1. The molecule has 0 heterocycles. The fraction of sp³-hybridized carbons (Fsp3) is 0.125. The molecule has 4 heteroatoms. The molecule has 0 amide bonds. The van der Waals surface area contributed by atoms with Crippen LogP contribution in [0.25, 0.3) is 0 Å². The Morgan fingerprint density at radius 3 is 2.83 bits per heavy atom. The lowest BCUT2D eigenvalue weighted by Gasteiger charge is -2.01. The Morgan fingerprint density at radius 2 is 2.17 bits per heavy atom. The van der Waals surface area contributed by atoms with E-state index in [4.69, 9.17) is 5.26 Å². The van der Waals surface area contributed by atoms with Crippen LogP contribution >= 0.6 is 0 Å². The number of halogens is 2. The van der Waals surface area contributed by atoms with Crippen LogP contribution < -0.4 is 4.74 Å². The monoisotopic (exact) mass is 169 g/mol. The Bertz CT molecular complexity index is 319. The topological polar surface area (TPSA) is 33.0 Å². The number of nitriles is 1. The molecule has 0 bridgehead atoms. The van der Waals surface area contributed by atoms with Gasteiger partial charge in [0.25, 0.3) is 0 Å². The van der Waals surface area contributed by atoms with Gasteiger partial charge in [-0.1, -0.05) is 6.07 Å². The van der Waals surface area contributed by atoms with Crippen molar-refractivity contribution in [1.29, 1.82) is 5.26 Å². The first kappa shape index (κ1) is 8.47. The van der Waals surface area contributed by atoms with Gasteiger partial charge in [-0.25, -0.2) is 4.39 Å². The molecule has 12 heavy (non-hydrogen) atoms. The maximum atomic E-state index is 12.7. The van der Waals surface area contributed by atoms with E-state index in [1.807, 2.05) is 0 Å². The Hall–Kier alpha value is -1.63. The number of benzene rings is 1. The summed E-state index contributed by atoms with van der Waals surface area (Å²) < 4.78 is 29.8. The van der Waals surface area contributed by atoms with Crippen LogP contribution in [0.2, 0.25) is 0 Å². The van der Waals surface area contributed by atoms with Crippen molar-refractivity contribution in [3.05, 3.63) is 29.8 Å². The maximum Gasteiger partial charge on any atom is 0.200 e. The number of rotatable bonds is 2. The first-order chi connectivity index (χ1) is 5.75. The van der Waals surface area contributed by atoms with Crippen LogP contribution in [0.4, 0.5) is 8.78 Å². The minimum atomic E-state index is -1.06. The summed E-state index contributed by atoms with van der Waals surface area (Å²) in [6.45, 7) is -0.291. The van der Waals surface area contributed by atoms with Crippen molar-refractivity contribution in [2.75, 3.05) is 6.61 Å². The van der Waals surface area contributed by atoms with Gasteiger partial charge in [0.1, 0.15) is 6.07 Å². The predicted molar refractivity (Wildman–Crippen MR) is 37.5 cm³/mol. The standard InChI is InChI=1S/C8H5F2NO/c9-6-2-1-3-7(8(6)10)12-5-4-11/h1-3H,5H2. The molecule has 2 nitrogen and oxygen atoms in total. The zero-order chi connectivity index (χ0) is 8.97. The van der Waals surface area contributed by atoms with Gasteiger partial charge in [0.05, 0.1) is 0 Å². The molecule has 62 valence electrons. The van der Waals surface area contributed by atoms with Crippen molar-refractivity contribution in [3.63, 3.8) is 0 Å². The van der Waals surface area contributed by atoms with Crippen LogP contribution in [0.15, 0.2) is 18.2 Å². The third kappa shape index (κ3) is 1.70. The highest BCUT2D eigenvalue weighted by molar-refractivity contribution is 5.25. The van der Waals surface area contributed by atoms with Crippen LogP contribution in [-0.2, 0) is 0 Å². The molecular weight excluding hydrogens is 164 g/mol. The second-order valence-electron chi connectivity index (χ2n) is 2.00. The zero-order valence-corrected chi connectivity index (χ0v) is 6.05. The lowest BCUT2D eigenvalue weighted by Crippen LogP contribution is -1.97. The number of ether oxygens (including phenoxy) is 1. The quantitative estimate of drug-likeness (QED) is 0.677. The number of hydrogen-bond acceptors (Lipinski definition) is 2. The molecule has 0 aliphatic rings. The second-order valence-corrected chi connectivity index (χ2v) is 2.00. The first-order valence-corrected chi connectivity index (χ1v) is 3.19. The molecule has 1 rings (SSSR count). The average Bonchev–Trinajstić information content (AvgIpc) is 2.08. The minimum Gasteiger partial charge on any atom is -0.476 e. The van der Waals surface area contributed by atoms with Gasteiger partial charge in [0.15, 0.2) is 18.2 Å². The van der Waals surface area contributed by atoms with Crippen LogP contribution in [0.3, 0.4) is 0 Å². The number of hydrogen-bond donors (Lipinski definition) is 0. The third-order valence-electron chi connectivity index (χ3n) is 1.21. The van der Waals surface area contributed by atoms with Gasteiger partial charge in [-0.15, -0.1) is 0 Å². The first-order valence-electron chi connectivity index (χ1n) is 3.19. The van der Waals surface area contributed by atoms with Gasteiger partial charge in [0.2, 0.25) is 5.82 Å². The van der Waals surface area contributed by atoms with Gasteiger partial charge >= 0.3 is 0 Å². The summed E-state index contributed by atoms with van der Waals surface area (Å²) in [6.07, 6.45) is 0. The molecule has 0 N–H and O–H groups in total. The summed E-state index contributed by atoms with van der Waals surface area (Å²) in [6, 6.07) is 5.20. The van der Waals surface area contributed by atoms with Crippen molar-refractivity contribution in [3.8, 4) is 11.8 Å². The lowest BCUT2D eigenvalue weighted by atomic mass is 10.3. The van der Waals surface area contributed by atoms with Crippen LogP contribution in [-0.4, -0.2) is 6.61 Å². The van der Waals surface area contributed by atoms with E-state index in [-0.39, 0.29) is 12.4 Å². The lowest BCUT2D eigenvalue weighted by molar-refractivity contribution is 0.336. The summed E-state index contributed by atoms with van der Waals surface area (Å²) in [5.74, 6) is -2.28. The van der Waals surface area contributed by atoms with E-state index in [1.165, 1.54) is 12.1 Å². The largest absolute Gasteiger partial charge is 0.476 e. The summed E-state index contributed by atoms with van der Waals surface area (Å²) in [7, 11) is 0. The molecular formula is C8H5F2NO. The van der Waals surface area contributed by atoms with E-state index in [2.05, 4.69) is 4.74 Å². The molecule has 1 aromatic rings. The normalized spacial score (nSPS) is 9.08. The van der Waals surface area contributed by atoms with Gasteiger partial charge in [-0.3, -0.25) is 0 Å². The van der Waals surface area contributed by atoms with Crippen molar-refractivity contribution in [1.82, 2.24) is 0 Å². The fourth-order valence-corrected chi connectivity index (χ4v) is 0.706. The molecule has 0 saturated heterocycles. The average molecular weight is 169 g/mol. The predicted octanol–water partition coefficient (Wildman–Crippen LogP) is 1.87. The molecule has 0 spiro atoms. The van der Waals surface area contributed by atoms with Crippen molar-refractivity contribution >= 4 is 0 Å². The van der Waals surface area contributed by atoms with Gasteiger partial charge in [-0.2, -0.15) is 9.65 Å². The summed E-state index contributed by atoms with van der Waals surface area (Å²) in [4.78, 5) is 0. The highest BCUT2D eigenvalue weighted by Crippen LogP contribution is 2.18. The summed E-state index contributed by atoms with van der Waals surface area (Å²) in [5.41, 5.74) is 0. The fourth-order valence-electron chi connectivity index (χ4n) is 0.706. The van der Waals surface area contributed by atoms with Gasteiger partial charge < -0.3 is 4.74 Å². The Kier molecular flexibility index (Phi) is 2.59. The molecule has 0 aromatic heterocycles. The van der Waals surface area contributed by atoms with Crippen LogP contribution in [0, 0.1) is 23.0 Å². The van der Waals surface area contributed by atoms with Gasteiger partial charge in [-0.05, 0) is 12.1 Å². The molecule has 0 atom stereocenters. The highest BCUT2D eigenvalue weighted by Gasteiger charge is 2.07. The van der Waals surface area contributed by atoms with E-state index in [0.717, 1.165) is 6.07 Å². The molecule has 1 aromatic carbocycles. The molecule has 0 aliphatic heterocycles. The Labute approximate surface area is 68.0 Å². The Morgan fingerprint density at radius 1 is 1.42 bits per heavy atom. The van der Waals surface area contributed by atoms with Crippen LogP contribution in [0.5, 0.6) is 5.75 Å². The molecule has 0 aliphatic carbocycles. The van der Waals surface area contributed by atoms with Gasteiger partial charge in [0, 0.05) is 0 Å². The molecule has 0 fully saturated rings. The van der Waals surface area contributed by atoms with Crippen molar-refractivity contribution in [2.24, 2.45) is 0 Å². The highest BCUT2D eigenvalue weighted by atomic mass is 19.2. The van der Waals surface area contributed by atoms with Crippen molar-refractivity contribution in [2.45, 2.75) is 0 Å². The molecule has 0 saturated carbocycles. The van der Waals surface area contributed by atoms with Crippen LogP contribution in [0.1, 0.15) is 0 Å². The molecule has 0 radical (unpaired) electrons. The van der Waals surface area contributed by atoms with Crippen molar-refractivity contribution < 1.29 is 13.5 Å². The summed E-state index contributed by atoms with van der Waals surface area (Å²) >= 11 is 0. The smallest absolute Gasteiger partial charge is 0.200 e. The second kappa shape index (κ2) is 3.67. The SMILES string of the molecule is N#CCOc1cccc(F)c1F. The minimum absolute atomic E-state index is 0.239. The zero-order valence-electron chi connectivity index (χ0n) is 6.05. The van der Waals surface area contributed by atoms with E-state index in [9.17, 15) is 8.78 Å². The summed E-state index contributed by atoms with van der Waals surface area (Å²) in [5, 5.41) is 8.10. The van der Waals surface area contributed by atoms with E-state index < -0.39 is 11.6 Å².